The summed E-state index contributed by atoms with van der Waals surface area (Å²) >= 11 is 0. The lowest BCUT2D eigenvalue weighted by atomic mass is 10.1. The molecule has 1 saturated heterocycles. The number of hydrogen-bond acceptors (Lipinski definition) is 8. The Kier molecular flexibility index (Phi) is 5.02. The number of nitrogens with one attached hydrogen (secondary N) is 3. The molecular formula is C24H23N9O2. The molecule has 3 N–H and O–H groups in total. The minimum Gasteiger partial charge on any atom is -0.351 e. The molecule has 176 valence electrons. The number of carbonyl (C=O) groups excluding carboxylic acids is 2. The zero-order chi connectivity index (χ0) is 23.9. The van der Waals surface area contributed by atoms with Crippen molar-refractivity contribution in [3.63, 3.8) is 0 Å². The summed E-state index contributed by atoms with van der Waals surface area (Å²) in [6.07, 6.45) is 10.9. The van der Waals surface area contributed by atoms with Gasteiger partial charge < -0.3 is 15.2 Å². The number of carbonyl (C=O) groups is 2. The van der Waals surface area contributed by atoms with Crippen LogP contribution in [-0.4, -0.2) is 47.0 Å². The van der Waals surface area contributed by atoms with Gasteiger partial charge in [0.15, 0.2) is 5.65 Å². The molecule has 1 aromatic carbocycles. The highest BCUT2D eigenvalue weighted by Crippen LogP contribution is 2.27. The maximum absolute atomic E-state index is 12.0. The van der Waals surface area contributed by atoms with Crippen molar-refractivity contribution in [1.82, 2.24) is 34.4 Å². The minimum atomic E-state index is -0.383. The smallest absolute Gasteiger partial charge is 0.254 e. The third kappa shape index (κ3) is 4.23. The van der Waals surface area contributed by atoms with Crippen LogP contribution in [0, 0.1) is 0 Å². The summed E-state index contributed by atoms with van der Waals surface area (Å²) in [5, 5.41) is 13.5. The Morgan fingerprint density at radius 2 is 2.00 bits per heavy atom. The average molecular weight is 470 g/mol. The fourth-order valence-corrected chi connectivity index (χ4v) is 4.00. The van der Waals surface area contributed by atoms with Crippen LogP contribution >= 0.6 is 0 Å². The normalized spacial score (nSPS) is 17.7. The lowest BCUT2D eigenvalue weighted by molar-refractivity contribution is -0.124. The van der Waals surface area contributed by atoms with E-state index in [0.717, 1.165) is 24.1 Å². The van der Waals surface area contributed by atoms with E-state index in [2.05, 4.69) is 43.1 Å². The Hall–Kier alpha value is -4.54. The van der Waals surface area contributed by atoms with Gasteiger partial charge in [-0.2, -0.15) is 19.6 Å². The molecule has 0 radical (unpaired) electrons. The first kappa shape index (κ1) is 21.0. The lowest BCUT2D eigenvalue weighted by Crippen LogP contribution is -2.19. The van der Waals surface area contributed by atoms with Gasteiger partial charge >= 0.3 is 0 Å². The Bertz CT molecular complexity index is 1450. The van der Waals surface area contributed by atoms with E-state index in [1.165, 1.54) is 0 Å². The number of amides is 2. The van der Waals surface area contributed by atoms with Crippen LogP contribution < -0.4 is 16.0 Å². The first-order chi connectivity index (χ1) is 17.0. The predicted octanol–water partition coefficient (Wildman–Crippen LogP) is 2.49. The Balaban J connectivity index is 1.31. The second-order valence-electron chi connectivity index (χ2n) is 8.78. The van der Waals surface area contributed by atoms with Crippen LogP contribution in [0.4, 0.5) is 11.9 Å². The number of nitrogens with zero attached hydrogens (tertiary/aromatic N) is 6. The quantitative estimate of drug-likeness (QED) is 0.278. The fraction of sp³-hybridized carbons (Fsp3) is 0.250. The number of anilines is 2. The second-order valence-corrected chi connectivity index (χ2v) is 8.78. The zero-order valence-corrected chi connectivity index (χ0v) is 19.0. The van der Waals surface area contributed by atoms with Crippen LogP contribution in [0.25, 0.3) is 17.4 Å². The van der Waals surface area contributed by atoms with E-state index < -0.39 is 0 Å². The molecule has 4 aromatic rings. The predicted molar refractivity (Wildman–Crippen MR) is 129 cm³/mol. The molecule has 11 nitrogen and oxygen atoms in total. The van der Waals surface area contributed by atoms with Crippen molar-refractivity contribution >= 4 is 35.4 Å². The summed E-state index contributed by atoms with van der Waals surface area (Å²) in [4.78, 5) is 37.1. The fourth-order valence-electron chi connectivity index (χ4n) is 4.00. The van der Waals surface area contributed by atoms with Crippen LogP contribution in [0.2, 0.25) is 0 Å². The standard InChI is InChI=1S/C24H23N9O2/c1-14(15-2-6-19(7-3-15)32-9-8-25-13-32)27-23-30-21-17(10-16-11-20(34)29-22(16)35)12-26-33(21)24(31-23)28-18-4-5-18/h2-3,6-10,12-14,18H,4-5,11H2,1H3,(H,29,34,35)(H2,27,28,30,31)/b16-10+. The molecule has 1 unspecified atom stereocenters. The summed E-state index contributed by atoms with van der Waals surface area (Å²) in [7, 11) is 0. The number of hydrogen-bond donors (Lipinski definition) is 3. The molecule has 1 aliphatic heterocycles. The second kappa shape index (κ2) is 8.35. The van der Waals surface area contributed by atoms with Gasteiger partial charge in [0, 0.05) is 35.3 Å². The molecule has 1 saturated carbocycles. The van der Waals surface area contributed by atoms with Gasteiger partial charge in [-0.15, -0.1) is 0 Å². The van der Waals surface area contributed by atoms with E-state index in [9.17, 15) is 9.59 Å². The third-order valence-corrected chi connectivity index (χ3v) is 6.07. The van der Waals surface area contributed by atoms with Crippen molar-refractivity contribution in [2.45, 2.75) is 38.3 Å². The first-order valence-electron chi connectivity index (χ1n) is 11.5. The van der Waals surface area contributed by atoms with Gasteiger partial charge in [-0.3, -0.25) is 14.9 Å². The monoisotopic (exact) mass is 469 g/mol. The molecule has 1 aliphatic carbocycles. The summed E-state index contributed by atoms with van der Waals surface area (Å²) in [6.45, 7) is 2.04. The van der Waals surface area contributed by atoms with Gasteiger partial charge in [-0.1, -0.05) is 12.1 Å². The van der Waals surface area contributed by atoms with Gasteiger partial charge in [-0.25, -0.2) is 4.98 Å². The van der Waals surface area contributed by atoms with Crippen molar-refractivity contribution in [1.29, 1.82) is 0 Å². The Morgan fingerprint density at radius 1 is 1.17 bits per heavy atom. The molecule has 2 amide bonds. The molecule has 4 heterocycles. The van der Waals surface area contributed by atoms with Crippen LogP contribution in [0.5, 0.6) is 0 Å². The molecule has 11 heteroatoms. The molecule has 2 fully saturated rings. The van der Waals surface area contributed by atoms with Crippen molar-refractivity contribution < 1.29 is 9.59 Å². The van der Waals surface area contributed by atoms with Crippen molar-refractivity contribution in [2.75, 3.05) is 10.6 Å². The summed E-state index contributed by atoms with van der Waals surface area (Å²) in [5.41, 5.74) is 3.69. The molecular weight excluding hydrogens is 446 g/mol. The number of fused-ring (bicyclic) bond motifs is 1. The number of imide groups is 1. The highest BCUT2D eigenvalue weighted by Gasteiger charge is 2.26. The van der Waals surface area contributed by atoms with Crippen LogP contribution in [-0.2, 0) is 9.59 Å². The number of imidazole rings is 1. The van der Waals surface area contributed by atoms with Gasteiger partial charge in [0.2, 0.25) is 17.8 Å². The van der Waals surface area contributed by atoms with E-state index in [4.69, 9.17) is 4.98 Å². The van der Waals surface area contributed by atoms with Crippen molar-refractivity contribution in [3.05, 3.63) is 65.9 Å². The average Bonchev–Trinajstić information content (AvgIpc) is 3.20. The molecule has 35 heavy (non-hydrogen) atoms. The minimum absolute atomic E-state index is 0.0473. The highest BCUT2D eigenvalue weighted by atomic mass is 16.2. The third-order valence-electron chi connectivity index (χ3n) is 6.07. The summed E-state index contributed by atoms with van der Waals surface area (Å²) in [5.74, 6) is 0.336. The highest BCUT2D eigenvalue weighted by molar-refractivity contribution is 6.15. The van der Waals surface area contributed by atoms with E-state index in [1.54, 1.807) is 29.3 Å². The molecule has 2 aliphatic rings. The number of rotatable bonds is 7. The van der Waals surface area contributed by atoms with Gasteiger partial charge in [0.05, 0.1) is 25.0 Å². The lowest BCUT2D eigenvalue weighted by Gasteiger charge is -2.16. The number of benzene rings is 1. The van der Waals surface area contributed by atoms with Crippen LogP contribution in [0.3, 0.4) is 0 Å². The van der Waals surface area contributed by atoms with Gasteiger partial charge in [-0.05, 0) is 43.5 Å². The van der Waals surface area contributed by atoms with E-state index in [0.29, 0.717) is 34.7 Å². The number of aromatic nitrogens is 6. The summed E-state index contributed by atoms with van der Waals surface area (Å²) < 4.78 is 3.58. The molecule has 1 atom stereocenters. The molecule has 0 spiro atoms. The van der Waals surface area contributed by atoms with Gasteiger partial charge in [0.1, 0.15) is 0 Å². The molecule has 0 bridgehead atoms. The topological polar surface area (TPSA) is 131 Å². The van der Waals surface area contributed by atoms with Crippen LogP contribution in [0.15, 0.2) is 54.8 Å². The maximum Gasteiger partial charge on any atom is 0.254 e. The molecule has 3 aromatic heterocycles. The molecule has 6 rings (SSSR count). The van der Waals surface area contributed by atoms with Crippen LogP contribution in [0.1, 0.15) is 43.4 Å². The van der Waals surface area contributed by atoms with Crippen molar-refractivity contribution in [2.24, 2.45) is 0 Å². The van der Waals surface area contributed by atoms with Crippen molar-refractivity contribution in [3.8, 4) is 5.69 Å². The van der Waals surface area contributed by atoms with E-state index in [-0.39, 0.29) is 24.3 Å². The SMILES string of the molecule is CC(Nc1nc(NC2CC2)n2ncc(/C=C3\CC(=O)NC3=O)c2n1)c1ccc(-n2ccnc2)cc1. The zero-order valence-electron chi connectivity index (χ0n) is 19.0. The van der Waals surface area contributed by atoms with E-state index in [1.807, 2.05) is 29.8 Å². The Labute approximate surface area is 200 Å². The van der Waals surface area contributed by atoms with Gasteiger partial charge in [0.25, 0.3) is 5.91 Å². The largest absolute Gasteiger partial charge is 0.351 e. The first-order valence-corrected chi connectivity index (χ1v) is 11.5. The summed E-state index contributed by atoms with van der Waals surface area (Å²) in [6, 6.07) is 8.48. The maximum atomic E-state index is 12.0. The Morgan fingerprint density at radius 3 is 2.69 bits per heavy atom. The van der Waals surface area contributed by atoms with E-state index >= 15 is 0 Å².